The highest BCUT2D eigenvalue weighted by molar-refractivity contribution is 9.10. The summed E-state index contributed by atoms with van der Waals surface area (Å²) in [5, 5.41) is 2.68. The minimum absolute atomic E-state index is 0.0264. The van der Waals surface area contributed by atoms with Crippen LogP contribution in [0.25, 0.3) is 0 Å². The molecule has 0 aliphatic carbocycles. The summed E-state index contributed by atoms with van der Waals surface area (Å²) in [5.41, 5.74) is 5.59. The molecular weight excluding hydrogens is 279 g/mol. The Morgan fingerprint density at radius 3 is 2.94 bits per heavy atom. The number of rotatable bonds is 4. The molecule has 4 nitrogen and oxygen atoms in total. The molecule has 0 saturated carbocycles. The van der Waals surface area contributed by atoms with Crippen molar-refractivity contribution >= 4 is 27.6 Å². The Hall–Kier alpha value is -1.14. The minimum atomic E-state index is -0.756. The Labute approximate surface area is 101 Å². The first-order valence-corrected chi connectivity index (χ1v) is 5.37. The Kier molecular flexibility index (Phi) is 4.70. The number of carbonyl (C=O) groups is 1. The molecule has 3 N–H and O–H groups in total. The van der Waals surface area contributed by atoms with Crippen LogP contribution in [0.3, 0.4) is 0 Å². The Morgan fingerprint density at radius 1 is 1.69 bits per heavy atom. The highest BCUT2D eigenvalue weighted by Crippen LogP contribution is 2.20. The summed E-state index contributed by atoms with van der Waals surface area (Å²) >= 11 is 3.21. The summed E-state index contributed by atoms with van der Waals surface area (Å²) in [7, 11) is 1.25. The van der Waals surface area contributed by atoms with E-state index in [0.29, 0.717) is 4.47 Å². The molecule has 0 aliphatic rings. The maximum atomic E-state index is 13.4. The van der Waals surface area contributed by atoms with Gasteiger partial charge >= 0.3 is 5.97 Å². The normalized spacial score (nSPS) is 12.0. The van der Waals surface area contributed by atoms with Gasteiger partial charge in [0.2, 0.25) is 0 Å². The molecule has 16 heavy (non-hydrogen) atoms. The summed E-state index contributed by atoms with van der Waals surface area (Å²) in [6, 6.07) is 3.63. The van der Waals surface area contributed by atoms with Gasteiger partial charge in [-0.25, -0.2) is 9.18 Å². The topological polar surface area (TPSA) is 64.3 Å². The number of carbonyl (C=O) groups excluding carboxylic acids is 1. The fraction of sp³-hybridized carbons (Fsp3) is 0.300. The molecule has 88 valence electrons. The molecule has 6 heteroatoms. The molecule has 0 radical (unpaired) electrons. The van der Waals surface area contributed by atoms with Gasteiger partial charge in [-0.3, -0.25) is 0 Å². The molecular formula is C10H12BrFN2O2. The highest BCUT2D eigenvalue weighted by Gasteiger charge is 2.18. The monoisotopic (exact) mass is 290 g/mol. The minimum Gasteiger partial charge on any atom is -0.467 e. The zero-order valence-electron chi connectivity index (χ0n) is 8.67. The fourth-order valence-corrected chi connectivity index (χ4v) is 1.51. The van der Waals surface area contributed by atoms with Gasteiger partial charge in [-0.05, 0) is 18.2 Å². The number of anilines is 1. The molecule has 0 heterocycles. The average Bonchev–Trinajstić information content (AvgIpc) is 2.29. The number of nitrogens with two attached hydrogens (primary N) is 1. The number of hydrogen-bond acceptors (Lipinski definition) is 4. The smallest absolute Gasteiger partial charge is 0.329 e. The van der Waals surface area contributed by atoms with Crippen LogP contribution in [0.4, 0.5) is 10.1 Å². The summed E-state index contributed by atoms with van der Waals surface area (Å²) in [6.07, 6.45) is 0. The lowest BCUT2D eigenvalue weighted by Gasteiger charge is -2.16. The maximum absolute atomic E-state index is 13.4. The second kappa shape index (κ2) is 5.81. The van der Waals surface area contributed by atoms with Crippen LogP contribution >= 0.6 is 15.9 Å². The average molecular weight is 291 g/mol. The van der Waals surface area contributed by atoms with E-state index in [1.165, 1.54) is 19.2 Å². The van der Waals surface area contributed by atoms with Crippen molar-refractivity contribution in [2.45, 2.75) is 6.04 Å². The van der Waals surface area contributed by atoms with Crippen molar-refractivity contribution in [2.75, 3.05) is 19.0 Å². The van der Waals surface area contributed by atoms with Gasteiger partial charge in [-0.1, -0.05) is 15.9 Å². The fourth-order valence-electron chi connectivity index (χ4n) is 1.15. The van der Waals surface area contributed by atoms with Crippen molar-refractivity contribution < 1.29 is 13.9 Å². The highest BCUT2D eigenvalue weighted by atomic mass is 79.9. The van der Waals surface area contributed by atoms with Crippen LogP contribution in [0.15, 0.2) is 22.7 Å². The molecule has 0 saturated heterocycles. The number of hydrogen-bond donors (Lipinski definition) is 2. The second-order valence-electron chi connectivity index (χ2n) is 3.08. The molecule has 1 rings (SSSR count). The molecule has 0 spiro atoms. The Morgan fingerprint density at radius 2 is 2.38 bits per heavy atom. The van der Waals surface area contributed by atoms with Gasteiger partial charge < -0.3 is 15.8 Å². The van der Waals surface area contributed by atoms with Gasteiger partial charge in [0.05, 0.1) is 12.8 Å². The number of esters is 1. The molecule has 0 unspecified atom stereocenters. The van der Waals surface area contributed by atoms with Crippen LogP contribution in [-0.2, 0) is 9.53 Å². The van der Waals surface area contributed by atoms with E-state index in [1.807, 2.05) is 0 Å². The van der Waals surface area contributed by atoms with E-state index in [1.54, 1.807) is 6.07 Å². The van der Waals surface area contributed by atoms with Crippen molar-refractivity contribution in [2.24, 2.45) is 5.73 Å². The first-order valence-electron chi connectivity index (χ1n) is 4.58. The van der Waals surface area contributed by atoms with Gasteiger partial charge in [0, 0.05) is 11.0 Å². The molecule has 1 aromatic carbocycles. The van der Waals surface area contributed by atoms with Crippen LogP contribution in [0.5, 0.6) is 0 Å². The number of halogens is 2. The van der Waals surface area contributed by atoms with Crippen molar-refractivity contribution in [1.82, 2.24) is 0 Å². The molecule has 0 fully saturated rings. The zero-order valence-corrected chi connectivity index (χ0v) is 10.3. The maximum Gasteiger partial charge on any atom is 0.329 e. The van der Waals surface area contributed by atoms with E-state index in [2.05, 4.69) is 26.0 Å². The predicted molar refractivity (Wildman–Crippen MR) is 62.6 cm³/mol. The quantitative estimate of drug-likeness (QED) is 0.825. The van der Waals surface area contributed by atoms with E-state index < -0.39 is 17.8 Å². The molecule has 1 aromatic rings. The van der Waals surface area contributed by atoms with Crippen molar-refractivity contribution in [3.05, 3.63) is 28.5 Å². The summed E-state index contributed by atoms with van der Waals surface area (Å²) in [5.74, 6) is -0.979. The summed E-state index contributed by atoms with van der Waals surface area (Å²) in [6.45, 7) is 0.0264. The van der Waals surface area contributed by atoms with E-state index in [-0.39, 0.29) is 12.2 Å². The third-order valence-corrected chi connectivity index (χ3v) is 2.47. The van der Waals surface area contributed by atoms with Crippen LogP contribution in [-0.4, -0.2) is 25.7 Å². The van der Waals surface area contributed by atoms with Crippen LogP contribution in [0.1, 0.15) is 0 Å². The summed E-state index contributed by atoms with van der Waals surface area (Å²) < 4.78 is 18.6. The number of ether oxygens (including phenoxy) is 1. The zero-order chi connectivity index (χ0) is 12.1. The van der Waals surface area contributed by atoms with Crippen molar-refractivity contribution in [3.63, 3.8) is 0 Å². The third kappa shape index (κ3) is 3.18. The van der Waals surface area contributed by atoms with E-state index >= 15 is 0 Å². The van der Waals surface area contributed by atoms with E-state index in [4.69, 9.17) is 5.73 Å². The van der Waals surface area contributed by atoms with Crippen LogP contribution in [0, 0.1) is 5.82 Å². The number of benzene rings is 1. The predicted octanol–water partition coefficient (Wildman–Crippen LogP) is 1.50. The van der Waals surface area contributed by atoms with Gasteiger partial charge in [0.25, 0.3) is 0 Å². The van der Waals surface area contributed by atoms with Gasteiger partial charge in [0.15, 0.2) is 0 Å². The SMILES string of the molecule is COC(=O)[C@H](CN)Nc1cc(Br)ccc1F. The molecule has 0 bridgehead atoms. The number of nitrogens with one attached hydrogen (secondary N) is 1. The van der Waals surface area contributed by atoms with Crippen LogP contribution in [0.2, 0.25) is 0 Å². The van der Waals surface area contributed by atoms with Crippen molar-refractivity contribution in [1.29, 1.82) is 0 Å². The van der Waals surface area contributed by atoms with Crippen LogP contribution < -0.4 is 11.1 Å². The standard InChI is InChI=1S/C10H12BrFN2O2/c1-16-10(15)9(5-13)14-8-4-6(11)2-3-7(8)12/h2-4,9,14H,5,13H2,1H3/t9-/m0/s1. The van der Waals surface area contributed by atoms with Gasteiger partial charge in [0.1, 0.15) is 11.9 Å². The lowest BCUT2D eigenvalue weighted by Crippen LogP contribution is -2.37. The molecule has 0 aliphatic heterocycles. The third-order valence-electron chi connectivity index (χ3n) is 1.98. The Balaban J connectivity index is 2.85. The molecule has 0 amide bonds. The lowest BCUT2D eigenvalue weighted by atomic mass is 10.2. The van der Waals surface area contributed by atoms with Crippen molar-refractivity contribution in [3.8, 4) is 0 Å². The summed E-state index contributed by atoms with van der Waals surface area (Å²) in [4.78, 5) is 11.2. The van der Waals surface area contributed by atoms with E-state index in [0.717, 1.165) is 0 Å². The largest absolute Gasteiger partial charge is 0.467 e. The molecule has 1 atom stereocenters. The van der Waals surface area contributed by atoms with E-state index in [9.17, 15) is 9.18 Å². The van der Waals surface area contributed by atoms with Gasteiger partial charge in [-0.2, -0.15) is 0 Å². The Bertz CT molecular complexity index is 387. The first-order chi connectivity index (χ1) is 7.58. The van der Waals surface area contributed by atoms with Gasteiger partial charge in [-0.15, -0.1) is 0 Å². The first kappa shape index (κ1) is 12.9. The number of methoxy groups -OCH3 is 1. The second-order valence-corrected chi connectivity index (χ2v) is 4.00. The molecule has 0 aromatic heterocycles. The lowest BCUT2D eigenvalue weighted by molar-refractivity contribution is -0.141.